The molecule has 2 heterocycles. The first kappa shape index (κ1) is 20.1. The third-order valence-corrected chi connectivity index (χ3v) is 4.85. The number of amides is 1. The SMILES string of the molecule is Cl.Cl.Nc1ccccc1C(=O)N1CCC(N2CCCCC2)CC1. The van der Waals surface area contributed by atoms with Crippen molar-refractivity contribution in [3.8, 4) is 0 Å². The molecule has 2 aliphatic rings. The predicted molar refractivity (Wildman–Crippen MR) is 99.7 cm³/mol. The Labute approximate surface area is 151 Å². The summed E-state index contributed by atoms with van der Waals surface area (Å²) in [6.07, 6.45) is 6.23. The number of para-hydroxylation sites is 1. The van der Waals surface area contributed by atoms with E-state index in [1.54, 1.807) is 6.07 Å². The monoisotopic (exact) mass is 359 g/mol. The minimum atomic E-state index is 0. The van der Waals surface area contributed by atoms with Gasteiger partial charge >= 0.3 is 0 Å². The Kier molecular flexibility index (Phi) is 8.17. The molecule has 0 radical (unpaired) electrons. The fourth-order valence-corrected chi connectivity index (χ4v) is 3.58. The first-order valence-electron chi connectivity index (χ1n) is 8.13. The van der Waals surface area contributed by atoms with E-state index in [0.29, 0.717) is 17.3 Å². The molecule has 0 saturated carbocycles. The Balaban J connectivity index is 0.00000132. The maximum absolute atomic E-state index is 12.5. The minimum Gasteiger partial charge on any atom is -0.398 e. The van der Waals surface area contributed by atoms with Crippen molar-refractivity contribution in [2.24, 2.45) is 0 Å². The largest absolute Gasteiger partial charge is 0.398 e. The summed E-state index contributed by atoms with van der Waals surface area (Å²) < 4.78 is 0. The lowest BCUT2D eigenvalue weighted by Gasteiger charge is -2.40. The highest BCUT2D eigenvalue weighted by Crippen LogP contribution is 2.23. The van der Waals surface area contributed by atoms with Crippen LogP contribution in [0.15, 0.2) is 24.3 Å². The summed E-state index contributed by atoms with van der Waals surface area (Å²) in [5.41, 5.74) is 7.15. The number of halogens is 2. The van der Waals surface area contributed by atoms with Gasteiger partial charge in [0.05, 0.1) is 5.56 Å². The van der Waals surface area contributed by atoms with Crippen LogP contribution in [0.3, 0.4) is 0 Å². The molecule has 0 aliphatic carbocycles. The zero-order chi connectivity index (χ0) is 14.7. The third-order valence-electron chi connectivity index (χ3n) is 4.85. The Morgan fingerprint density at radius 3 is 2.17 bits per heavy atom. The average Bonchev–Trinajstić information content (AvgIpc) is 2.56. The first-order valence-corrected chi connectivity index (χ1v) is 8.13. The van der Waals surface area contributed by atoms with E-state index in [2.05, 4.69) is 4.90 Å². The van der Waals surface area contributed by atoms with Crippen LogP contribution in [0.5, 0.6) is 0 Å². The summed E-state index contributed by atoms with van der Waals surface area (Å²) in [4.78, 5) is 17.1. The molecule has 4 nitrogen and oxygen atoms in total. The molecule has 0 atom stereocenters. The Hall–Kier alpha value is -0.970. The third kappa shape index (κ3) is 4.75. The number of carbonyl (C=O) groups excluding carboxylic acids is 1. The highest BCUT2D eigenvalue weighted by molar-refractivity contribution is 5.99. The van der Waals surface area contributed by atoms with Crippen LogP contribution < -0.4 is 5.73 Å². The molecule has 1 aromatic carbocycles. The van der Waals surface area contributed by atoms with Crippen LogP contribution in [0.25, 0.3) is 0 Å². The van der Waals surface area contributed by atoms with Crippen LogP contribution in [-0.4, -0.2) is 47.9 Å². The molecule has 0 bridgehead atoms. The second-order valence-corrected chi connectivity index (χ2v) is 6.21. The number of nitrogens with two attached hydrogens (primary N) is 1. The van der Waals surface area contributed by atoms with Gasteiger partial charge in [0.1, 0.15) is 0 Å². The molecule has 23 heavy (non-hydrogen) atoms. The van der Waals surface area contributed by atoms with E-state index in [-0.39, 0.29) is 30.7 Å². The van der Waals surface area contributed by atoms with Gasteiger partial charge in [0.2, 0.25) is 0 Å². The van der Waals surface area contributed by atoms with Gasteiger partial charge in [-0.15, -0.1) is 24.8 Å². The van der Waals surface area contributed by atoms with Crippen LogP contribution in [0.4, 0.5) is 5.69 Å². The zero-order valence-electron chi connectivity index (χ0n) is 13.4. The number of nitrogen functional groups attached to an aromatic ring is 1. The number of likely N-dealkylation sites (tertiary alicyclic amines) is 2. The van der Waals surface area contributed by atoms with Gasteiger partial charge in [-0.25, -0.2) is 0 Å². The molecule has 3 rings (SSSR count). The van der Waals surface area contributed by atoms with Crippen molar-refractivity contribution < 1.29 is 4.79 Å². The zero-order valence-corrected chi connectivity index (χ0v) is 15.1. The van der Waals surface area contributed by atoms with Crippen LogP contribution >= 0.6 is 24.8 Å². The highest BCUT2D eigenvalue weighted by atomic mass is 35.5. The molecular weight excluding hydrogens is 333 g/mol. The normalized spacial score (nSPS) is 19.6. The second kappa shape index (κ2) is 9.36. The van der Waals surface area contributed by atoms with Crippen LogP contribution in [0, 0.1) is 0 Å². The molecule has 1 amide bonds. The topological polar surface area (TPSA) is 49.6 Å². The fourth-order valence-electron chi connectivity index (χ4n) is 3.58. The fraction of sp³-hybridized carbons (Fsp3) is 0.588. The van der Waals surface area contributed by atoms with Crippen molar-refractivity contribution in [1.29, 1.82) is 0 Å². The summed E-state index contributed by atoms with van der Waals surface area (Å²) in [5.74, 6) is 0.0881. The molecule has 2 fully saturated rings. The van der Waals surface area contributed by atoms with Gasteiger partial charge in [-0.1, -0.05) is 18.6 Å². The highest BCUT2D eigenvalue weighted by Gasteiger charge is 2.28. The number of carbonyl (C=O) groups is 1. The van der Waals surface area contributed by atoms with Gasteiger partial charge in [-0.3, -0.25) is 4.79 Å². The summed E-state index contributed by atoms with van der Waals surface area (Å²) in [5, 5.41) is 0. The first-order chi connectivity index (χ1) is 10.3. The van der Waals surface area contributed by atoms with E-state index in [1.165, 1.54) is 32.4 Å². The summed E-state index contributed by atoms with van der Waals surface area (Å²) in [6.45, 7) is 4.19. The van der Waals surface area contributed by atoms with Crippen molar-refractivity contribution in [3.05, 3.63) is 29.8 Å². The van der Waals surface area contributed by atoms with E-state index in [1.807, 2.05) is 23.1 Å². The van der Waals surface area contributed by atoms with Gasteiger partial charge in [0.25, 0.3) is 5.91 Å². The molecule has 0 unspecified atom stereocenters. The molecule has 2 aliphatic heterocycles. The van der Waals surface area contributed by atoms with Gasteiger partial charge < -0.3 is 15.5 Å². The number of hydrogen-bond donors (Lipinski definition) is 1. The van der Waals surface area contributed by atoms with Crippen molar-refractivity contribution in [2.45, 2.75) is 38.1 Å². The molecule has 0 aromatic heterocycles. The molecule has 2 saturated heterocycles. The van der Waals surface area contributed by atoms with E-state index >= 15 is 0 Å². The predicted octanol–water partition coefficient (Wildman–Crippen LogP) is 3.20. The Morgan fingerprint density at radius 2 is 1.57 bits per heavy atom. The van der Waals surface area contributed by atoms with Gasteiger partial charge in [0.15, 0.2) is 0 Å². The second-order valence-electron chi connectivity index (χ2n) is 6.21. The Bertz CT molecular complexity index is 498. The van der Waals surface area contributed by atoms with E-state index in [0.717, 1.165) is 25.9 Å². The summed E-state index contributed by atoms with van der Waals surface area (Å²) >= 11 is 0. The number of rotatable bonds is 2. The molecule has 6 heteroatoms. The molecule has 130 valence electrons. The summed E-state index contributed by atoms with van der Waals surface area (Å²) in [6, 6.07) is 8.04. The lowest BCUT2D eigenvalue weighted by atomic mass is 9.99. The van der Waals surface area contributed by atoms with Crippen molar-refractivity contribution in [3.63, 3.8) is 0 Å². The molecule has 0 spiro atoms. The molecule has 2 N–H and O–H groups in total. The minimum absolute atomic E-state index is 0. The maximum atomic E-state index is 12.5. The van der Waals surface area contributed by atoms with Crippen molar-refractivity contribution >= 4 is 36.4 Å². The van der Waals surface area contributed by atoms with E-state index in [9.17, 15) is 4.79 Å². The number of piperidine rings is 2. The lowest BCUT2D eigenvalue weighted by Crippen LogP contribution is -2.48. The van der Waals surface area contributed by atoms with E-state index in [4.69, 9.17) is 5.73 Å². The average molecular weight is 360 g/mol. The van der Waals surface area contributed by atoms with Crippen LogP contribution in [0.1, 0.15) is 42.5 Å². The maximum Gasteiger partial charge on any atom is 0.255 e. The van der Waals surface area contributed by atoms with Crippen molar-refractivity contribution in [2.75, 3.05) is 31.9 Å². The summed E-state index contributed by atoms with van der Waals surface area (Å²) in [7, 11) is 0. The standard InChI is InChI=1S/C17H25N3O.2ClH/c18-16-7-3-2-6-15(16)17(21)20-12-8-14(9-13-20)19-10-4-1-5-11-19;;/h2-3,6-7,14H,1,4-5,8-13,18H2;2*1H. The van der Waals surface area contributed by atoms with Gasteiger partial charge in [-0.2, -0.15) is 0 Å². The Morgan fingerprint density at radius 1 is 0.957 bits per heavy atom. The van der Waals surface area contributed by atoms with Crippen LogP contribution in [0.2, 0.25) is 0 Å². The number of benzene rings is 1. The van der Waals surface area contributed by atoms with Crippen LogP contribution in [-0.2, 0) is 0 Å². The van der Waals surface area contributed by atoms with Gasteiger partial charge in [-0.05, 0) is 50.9 Å². The number of nitrogens with zero attached hydrogens (tertiary/aromatic N) is 2. The lowest BCUT2D eigenvalue weighted by molar-refractivity contribution is 0.0591. The van der Waals surface area contributed by atoms with Gasteiger partial charge in [0, 0.05) is 24.8 Å². The molecule has 1 aromatic rings. The van der Waals surface area contributed by atoms with Crippen molar-refractivity contribution in [1.82, 2.24) is 9.80 Å². The van der Waals surface area contributed by atoms with E-state index < -0.39 is 0 Å². The quantitative estimate of drug-likeness (QED) is 0.824. The molecular formula is C17H27Cl2N3O. The number of hydrogen-bond acceptors (Lipinski definition) is 3. The number of anilines is 1. The smallest absolute Gasteiger partial charge is 0.255 e.